The molecule has 0 aliphatic heterocycles. The molecule has 0 saturated carbocycles. The largest absolute Gasteiger partial charge is 0.478 e. The van der Waals surface area contributed by atoms with Gasteiger partial charge < -0.3 is 10.1 Å². The van der Waals surface area contributed by atoms with E-state index in [0.717, 1.165) is 12.2 Å². The first-order chi connectivity index (χ1) is 9.10. The normalized spacial score (nSPS) is 12.7. The third-order valence-electron chi connectivity index (χ3n) is 3.16. The molecule has 0 aliphatic carbocycles. The third kappa shape index (κ3) is 2.40. The molecule has 0 amide bonds. The number of hydrogen-bond donors (Lipinski definition) is 2. The van der Waals surface area contributed by atoms with Gasteiger partial charge in [0.05, 0.1) is 16.6 Å². The molecule has 0 fully saturated rings. The number of carboxylic acid groups (broad SMARTS) is 1. The van der Waals surface area contributed by atoms with E-state index in [1.165, 1.54) is 6.07 Å². The molecule has 1 atom stereocenters. The van der Waals surface area contributed by atoms with E-state index in [1.54, 1.807) is 28.5 Å². The van der Waals surface area contributed by atoms with Crippen molar-refractivity contribution in [1.82, 2.24) is 9.55 Å². The van der Waals surface area contributed by atoms with Gasteiger partial charge in [-0.3, -0.25) is 4.57 Å². The molecule has 0 saturated heterocycles. The summed E-state index contributed by atoms with van der Waals surface area (Å²) in [6.45, 7) is 2.00. The molecular formula is C13H16N2O3S. The van der Waals surface area contributed by atoms with Crippen LogP contribution in [0.5, 0.6) is 0 Å². The summed E-state index contributed by atoms with van der Waals surface area (Å²) in [5, 5.41) is 9.27. The molecule has 1 aromatic carbocycles. The van der Waals surface area contributed by atoms with Gasteiger partial charge in [0.2, 0.25) is 0 Å². The van der Waals surface area contributed by atoms with E-state index < -0.39 is 5.97 Å². The lowest BCUT2D eigenvalue weighted by molar-refractivity contribution is 0.0698. The molecule has 0 bridgehead atoms. The van der Waals surface area contributed by atoms with Gasteiger partial charge >= 0.3 is 11.7 Å². The van der Waals surface area contributed by atoms with E-state index in [1.807, 2.05) is 13.2 Å². The fourth-order valence-electron chi connectivity index (χ4n) is 2.27. The van der Waals surface area contributed by atoms with Crippen molar-refractivity contribution in [1.29, 1.82) is 0 Å². The summed E-state index contributed by atoms with van der Waals surface area (Å²) >= 11 is 1.64. The number of aromatic carboxylic acids is 1. The highest BCUT2D eigenvalue weighted by Crippen LogP contribution is 2.23. The number of nitrogens with one attached hydrogen (secondary N) is 1. The molecule has 0 radical (unpaired) electrons. The van der Waals surface area contributed by atoms with E-state index >= 15 is 0 Å². The van der Waals surface area contributed by atoms with Crippen LogP contribution in [0.3, 0.4) is 0 Å². The Kier molecular flexibility index (Phi) is 3.99. The second kappa shape index (κ2) is 5.52. The van der Waals surface area contributed by atoms with Gasteiger partial charge in [-0.1, -0.05) is 13.0 Å². The number of aromatic amines is 1. The number of hydrogen-bond acceptors (Lipinski definition) is 3. The van der Waals surface area contributed by atoms with Gasteiger partial charge in [-0.25, -0.2) is 9.59 Å². The van der Waals surface area contributed by atoms with E-state index in [4.69, 9.17) is 0 Å². The predicted octanol–water partition coefficient (Wildman–Crippen LogP) is 2.34. The topological polar surface area (TPSA) is 75.1 Å². The average Bonchev–Trinajstić information content (AvgIpc) is 2.71. The van der Waals surface area contributed by atoms with Gasteiger partial charge in [0.1, 0.15) is 0 Å². The highest BCUT2D eigenvalue weighted by Gasteiger charge is 2.20. The van der Waals surface area contributed by atoms with Crippen LogP contribution in [-0.2, 0) is 0 Å². The molecule has 0 spiro atoms. The van der Waals surface area contributed by atoms with Crippen molar-refractivity contribution >= 4 is 28.8 Å². The summed E-state index contributed by atoms with van der Waals surface area (Å²) in [5.41, 5.74) is 0.977. The van der Waals surface area contributed by atoms with Crippen molar-refractivity contribution in [2.75, 3.05) is 12.0 Å². The number of H-pyrrole nitrogens is 1. The molecule has 102 valence electrons. The van der Waals surface area contributed by atoms with Crippen molar-refractivity contribution in [3.63, 3.8) is 0 Å². The van der Waals surface area contributed by atoms with Crippen molar-refractivity contribution in [2.45, 2.75) is 19.4 Å². The summed E-state index contributed by atoms with van der Waals surface area (Å²) in [6.07, 6.45) is 2.75. The van der Waals surface area contributed by atoms with Gasteiger partial charge in [0, 0.05) is 11.8 Å². The number of aromatic nitrogens is 2. The smallest absolute Gasteiger partial charge is 0.337 e. The van der Waals surface area contributed by atoms with Crippen LogP contribution in [0, 0.1) is 0 Å². The Labute approximate surface area is 114 Å². The van der Waals surface area contributed by atoms with Crippen LogP contribution in [-0.4, -0.2) is 32.6 Å². The number of imidazole rings is 1. The Hall–Kier alpha value is -1.69. The minimum atomic E-state index is -1.02. The van der Waals surface area contributed by atoms with E-state index in [9.17, 15) is 14.7 Å². The van der Waals surface area contributed by atoms with Crippen molar-refractivity contribution < 1.29 is 9.90 Å². The van der Waals surface area contributed by atoms with Crippen LogP contribution < -0.4 is 5.69 Å². The molecule has 5 nitrogen and oxygen atoms in total. The highest BCUT2D eigenvalue weighted by atomic mass is 32.2. The minimum Gasteiger partial charge on any atom is -0.478 e. The Morgan fingerprint density at radius 1 is 1.53 bits per heavy atom. The number of benzene rings is 1. The van der Waals surface area contributed by atoms with Crippen molar-refractivity contribution in [3.8, 4) is 0 Å². The first-order valence-corrected chi connectivity index (χ1v) is 7.45. The van der Waals surface area contributed by atoms with Gasteiger partial charge in [-0.15, -0.1) is 0 Å². The average molecular weight is 280 g/mol. The SMILES string of the molecule is CCC(CSC)n1c(=O)[nH]c2cccc(C(=O)O)c21. The Bertz CT molecular complexity index is 659. The van der Waals surface area contributed by atoms with E-state index in [2.05, 4.69) is 4.98 Å². The maximum absolute atomic E-state index is 12.1. The lowest BCUT2D eigenvalue weighted by Crippen LogP contribution is -2.24. The van der Waals surface area contributed by atoms with Crippen molar-refractivity contribution in [2.24, 2.45) is 0 Å². The molecular weight excluding hydrogens is 264 g/mol. The van der Waals surface area contributed by atoms with Gasteiger partial charge in [0.15, 0.2) is 0 Å². The number of fused-ring (bicyclic) bond motifs is 1. The zero-order valence-electron chi connectivity index (χ0n) is 10.8. The summed E-state index contributed by atoms with van der Waals surface area (Å²) in [6, 6.07) is 4.89. The fourth-order valence-corrected chi connectivity index (χ4v) is 3.04. The van der Waals surface area contributed by atoms with E-state index in [0.29, 0.717) is 11.0 Å². The van der Waals surface area contributed by atoms with Crippen LogP contribution in [0.2, 0.25) is 0 Å². The molecule has 2 rings (SSSR count). The molecule has 1 aromatic heterocycles. The van der Waals surface area contributed by atoms with Crippen LogP contribution in [0.4, 0.5) is 0 Å². The van der Waals surface area contributed by atoms with Crippen LogP contribution in [0.25, 0.3) is 11.0 Å². The lowest BCUT2D eigenvalue weighted by atomic mass is 10.1. The number of thioether (sulfide) groups is 1. The number of rotatable bonds is 5. The monoisotopic (exact) mass is 280 g/mol. The Morgan fingerprint density at radius 3 is 2.84 bits per heavy atom. The Morgan fingerprint density at radius 2 is 2.26 bits per heavy atom. The van der Waals surface area contributed by atoms with Crippen LogP contribution in [0.15, 0.2) is 23.0 Å². The molecule has 6 heteroatoms. The highest BCUT2D eigenvalue weighted by molar-refractivity contribution is 7.98. The second-order valence-electron chi connectivity index (χ2n) is 4.32. The lowest BCUT2D eigenvalue weighted by Gasteiger charge is -2.16. The fraction of sp³-hybridized carbons (Fsp3) is 0.385. The molecule has 2 aromatic rings. The van der Waals surface area contributed by atoms with E-state index in [-0.39, 0.29) is 17.3 Å². The molecule has 0 aliphatic rings. The molecule has 1 unspecified atom stereocenters. The minimum absolute atomic E-state index is 0.00301. The zero-order valence-corrected chi connectivity index (χ0v) is 11.7. The van der Waals surface area contributed by atoms with Crippen LogP contribution >= 0.6 is 11.8 Å². The maximum Gasteiger partial charge on any atom is 0.337 e. The predicted molar refractivity (Wildman–Crippen MR) is 77.2 cm³/mol. The van der Waals surface area contributed by atoms with Crippen LogP contribution in [0.1, 0.15) is 29.7 Å². The first kappa shape index (κ1) is 13.7. The maximum atomic E-state index is 12.1. The van der Waals surface area contributed by atoms with Gasteiger partial charge in [0.25, 0.3) is 0 Å². The molecule has 1 heterocycles. The quantitative estimate of drug-likeness (QED) is 0.881. The zero-order chi connectivity index (χ0) is 14.0. The first-order valence-electron chi connectivity index (χ1n) is 6.05. The molecule has 2 N–H and O–H groups in total. The standard InChI is InChI=1S/C13H16N2O3S/c1-3-8(7-19-2)15-11-9(12(16)17)5-4-6-10(11)14-13(15)18/h4-6,8H,3,7H2,1-2H3,(H,14,18)(H,16,17). The summed E-state index contributed by atoms with van der Waals surface area (Å²) in [7, 11) is 0. The number of para-hydroxylation sites is 1. The van der Waals surface area contributed by atoms with Crippen molar-refractivity contribution in [3.05, 3.63) is 34.2 Å². The molecule has 19 heavy (non-hydrogen) atoms. The number of carbonyl (C=O) groups is 1. The third-order valence-corrected chi connectivity index (χ3v) is 3.88. The second-order valence-corrected chi connectivity index (χ2v) is 5.24. The summed E-state index contributed by atoms with van der Waals surface area (Å²) in [4.78, 5) is 26.1. The Balaban J connectivity index is 2.75. The number of nitrogens with zero attached hydrogens (tertiary/aromatic N) is 1. The number of carboxylic acids is 1. The summed E-state index contributed by atoms with van der Waals surface area (Å²) in [5.74, 6) is -0.241. The van der Waals surface area contributed by atoms with Gasteiger partial charge in [-0.05, 0) is 24.8 Å². The summed E-state index contributed by atoms with van der Waals surface area (Å²) < 4.78 is 1.58. The van der Waals surface area contributed by atoms with Gasteiger partial charge in [-0.2, -0.15) is 11.8 Å².